The lowest BCUT2D eigenvalue weighted by Crippen LogP contribution is -2.18. The van der Waals surface area contributed by atoms with Crippen molar-refractivity contribution in [1.82, 2.24) is 4.98 Å². The summed E-state index contributed by atoms with van der Waals surface area (Å²) in [6.07, 6.45) is 4.92. The van der Waals surface area contributed by atoms with E-state index >= 15 is 0 Å². The Kier molecular flexibility index (Phi) is 4.63. The number of hydrogen-bond acceptors (Lipinski definition) is 5. The fraction of sp³-hybridized carbons (Fsp3) is 0.615. The molecule has 0 saturated heterocycles. The van der Waals surface area contributed by atoms with Gasteiger partial charge in [0.2, 0.25) is 5.82 Å². The zero-order chi connectivity index (χ0) is 13.8. The summed E-state index contributed by atoms with van der Waals surface area (Å²) in [7, 11) is 0. The standard InChI is InChI=1S/C13H19N3O2S/c1-3-19-11-5-4-10(8-11)15-13-12(16(17)18)9(2)6-7-14-13/h6-7,10-11H,3-5,8H2,1-2H3,(H,14,15). The number of nitro groups is 1. The quantitative estimate of drug-likeness (QED) is 0.662. The molecule has 0 spiro atoms. The number of aryl methyl sites for hydroxylation is 1. The van der Waals surface area contributed by atoms with E-state index in [0.717, 1.165) is 18.6 Å². The van der Waals surface area contributed by atoms with Gasteiger partial charge in [-0.3, -0.25) is 10.1 Å². The summed E-state index contributed by atoms with van der Waals surface area (Å²) in [6.45, 7) is 3.91. The molecule has 1 aromatic heterocycles. The maximum Gasteiger partial charge on any atom is 0.314 e. The van der Waals surface area contributed by atoms with Crippen LogP contribution >= 0.6 is 11.8 Å². The number of rotatable bonds is 5. The largest absolute Gasteiger partial charge is 0.362 e. The van der Waals surface area contributed by atoms with E-state index in [0.29, 0.717) is 22.7 Å². The SMILES string of the molecule is CCSC1CCC(Nc2nccc(C)c2[N+](=O)[O-])C1. The molecule has 1 aliphatic rings. The van der Waals surface area contributed by atoms with Crippen LogP contribution < -0.4 is 5.32 Å². The molecular weight excluding hydrogens is 262 g/mol. The van der Waals surface area contributed by atoms with Crippen molar-refractivity contribution < 1.29 is 4.92 Å². The Morgan fingerprint density at radius 1 is 1.58 bits per heavy atom. The number of nitrogens with zero attached hydrogens (tertiary/aromatic N) is 2. The van der Waals surface area contributed by atoms with E-state index in [1.165, 1.54) is 6.42 Å². The molecule has 1 N–H and O–H groups in total. The Morgan fingerprint density at radius 2 is 2.37 bits per heavy atom. The molecule has 6 heteroatoms. The van der Waals surface area contributed by atoms with Gasteiger partial charge in [0.15, 0.2) is 0 Å². The molecular formula is C13H19N3O2S. The van der Waals surface area contributed by atoms with E-state index in [2.05, 4.69) is 17.2 Å². The molecule has 0 aliphatic heterocycles. The van der Waals surface area contributed by atoms with Gasteiger partial charge in [-0.1, -0.05) is 6.92 Å². The predicted molar refractivity (Wildman–Crippen MR) is 78.8 cm³/mol. The number of anilines is 1. The van der Waals surface area contributed by atoms with E-state index in [-0.39, 0.29) is 10.6 Å². The highest BCUT2D eigenvalue weighted by Gasteiger charge is 2.27. The lowest BCUT2D eigenvalue weighted by molar-refractivity contribution is -0.384. The second-order valence-corrected chi connectivity index (χ2v) is 6.39. The van der Waals surface area contributed by atoms with Gasteiger partial charge in [-0.2, -0.15) is 11.8 Å². The maximum absolute atomic E-state index is 11.1. The number of aromatic nitrogens is 1. The minimum absolute atomic E-state index is 0.106. The zero-order valence-corrected chi connectivity index (χ0v) is 12.1. The summed E-state index contributed by atoms with van der Waals surface area (Å²) in [5.41, 5.74) is 0.758. The number of hydrogen-bond donors (Lipinski definition) is 1. The van der Waals surface area contributed by atoms with Gasteiger partial charge < -0.3 is 5.32 Å². The molecule has 0 bridgehead atoms. The van der Waals surface area contributed by atoms with E-state index < -0.39 is 0 Å². The molecule has 2 rings (SSSR count). The van der Waals surface area contributed by atoms with E-state index in [4.69, 9.17) is 0 Å². The number of pyridine rings is 1. The Labute approximate surface area is 117 Å². The molecule has 1 saturated carbocycles. The molecule has 2 unspecified atom stereocenters. The van der Waals surface area contributed by atoms with Crippen LogP contribution in [-0.4, -0.2) is 27.0 Å². The molecule has 1 aromatic rings. The van der Waals surface area contributed by atoms with Gasteiger partial charge in [-0.15, -0.1) is 0 Å². The fourth-order valence-electron chi connectivity index (χ4n) is 2.54. The lowest BCUT2D eigenvalue weighted by Gasteiger charge is -2.14. The summed E-state index contributed by atoms with van der Waals surface area (Å²) < 4.78 is 0. The van der Waals surface area contributed by atoms with Crippen LogP contribution in [0, 0.1) is 17.0 Å². The highest BCUT2D eigenvalue weighted by Crippen LogP contribution is 2.33. The second kappa shape index (κ2) is 6.23. The summed E-state index contributed by atoms with van der Waals surface area (Å²) >= 11 is 1.97. The first kappa shape index (κ1) is 14.1. The fourth-order valence-corrected chi connectivity index (χ4v) is 3.68. The van der Waals surface area contributed by atoms with Crippen molar-refractivity contribution in [3.63, 3.8) is 0 Å². The Balaban J connectivity index is 2.08. The first-order chi connectivity index (χ1) is 9.11. The maximum atomic E-state index is 11.1. The first-order valence-corrected chi connectivity index (χ1v) is 7.64. The van der Waals surface area contributed by atoms with Gasteiger partial charge >= 0.3 is 5.69 Å². The van der Waals surface area contributed by atoms with Crippen LogP contribution in [-0.2, 0) is 0 Å². The Hall–Kier alpha value is -1.30. The highest BCUT2D eigenvalue weighted by molar-refractivity contribution is 7.99. The van der Waals surface area contributed by atoms with Crippen LogP contribution in [0.25, 0.3) is 0 Å². The van der Waals surface area contributed by atoms with Crippen molar-refractivity contribution in [3.8, 4) is 0 Å². The van der Waals surface area contributed by atoms with Crippen molar-refractivity contribution in [2.24, 2.45) is 0 Å². The second-order valence-electron chi connectivity index (χ2n) is 4.81. The molecule has 5 nitrogen and oxygen atoms in total. The molecule has 0 radical (unpaired) electrons. The third-order valence-corrected chi connectivity index (χ3v) is 4.67. The van der Waals surface area contributed by atoms with E-state index in [1.54, 1.807) is 19.2 Å². The lowest BCUT2D eigenvalue weighted by atomic mass is 10.2. The van der Waals surface area contributed by atoms with Crippen LogP contribution in [0.2, 0.25) is 0 Å². The van der Waals surface area contributed by atoms with Gasteiger partial charge in [0.25, 0.3) is 0 Å². The van der Waals surface area contributed by atoms with Gasteiger partial charge in [-0.05, 0) is 38.0 Å². The summed E-state index contributed by atoms with van der Waals surface area (Å²) in [4.78, 5) is 14.9. The van der Waals surface area contributed by atoms with Gasteiger partial charge in [0, 0.05) is 23.1 Å². The van der Waals surface area contributed by atoms with Crippen LogP contribution in [0.5, 0.6) is 0 Å². The minimum Gasteiger partial charge on any atom is -0.362 e. The monoisotopic (exact) mass is 281 g/mol. The molecule has 0 amide bonds. The van der Waals surface area contributed by atoms with Crippen LogP contribution in [0.1, 0.15) is 31.7 Å². The predicted octanol–water partition coefficient (Wildman–Crippen LogP) is 3.38. The molecule has 1 heterocycles. The topological polar surface area (TPSA) is 68.1 Å². The molecule has 104 valence electrons. The molecule has 0 aromatic carbocycles. The smallest absolute Gasteiger partial charge is 0.314 e. The Morgan fingerprint density at radius 3 is 3.05 bits per heavy atom. The molecule has 1 fully saturated rings. The van der Waals surface area contributed by atoms with Crippen LogP contribution in [0.4, 0.5) is 11.5 Å². The van der Waals surface area contributed by atoms with Crippen molar-refractivity contribution in [1.29, 1.82) is 0 Å². The minimum atomic E-state index is -0.349. The van der Waals surface area contributed by atoms with Crippen molar-refractivity contribution in [2.45, 2.75) is 44.4 Å². The average Bonchev–Trinajstić information content (AvgIpc) is 2.76. The van der Waals surface area contributed by atoms with Crippen molar-refractivity contribution in [3.05, 3.63) is 27.9 Å². The van der Waals surface area contributed by atoms with Gasteiger partial charge in [-0.25, -0.2) is 4.98 Å². The van der Waals surface area contributed by atoms with E-state index in [1.807, 2.05) is 11.8 Å². The third kappa shape index (κ3) is 3.37. The third-order valence-electron chi connectivity index (χ3n) is 3.44. The van der Waals surface area contributed by atoms with Crippen LogP contribution in [0.15, 0.2) is 12.3 Å². The van der Waals surface area contributed by atoms with Crippen LogP contribution in [0.3, 0.4) is 0 Å². The molecule has 1 aliphatic carbocycles. The normalized spacial score (nSPS) is 22.4. The summed E-state index contributed by atoms with van der Waals surface area (Å²) in [5, 5.41) is 15.0. The summed E-state index contributed by atoms with van der Waals surface area (Å²) in [6, 6.07) is 1.98. The molecule has 19 heavy (non-hydrogen) atoms. The average molecular weight is 281 g/mol. The van der Waals surface area contributed by atoms with Crippen molar-refractivity contribution >= 4 is 23.3 Å². The van der Waals surface area contributed by atoms with Crippen molar-refractivity contribution in [2.75, 3.05) is 11.1 Å². The van der Waals surface area contributed by atoms with Gasteiger partial charge in [0.05, 0.1) is 4.92 Å². The first-order valence-electron chi connectivity index (χ1n) is 6.60. The summed E-state index contributed by atoms with van der Waals surface area (Å²) in [5.74, 6) is 1.54. The molecule has 2 atom stereocenters. The zero-order valence-electron chi connectivity index (χ0n) is 11.3. The van der Waals surface area contributed by atoms with E-state index in [9.17, 15) is 10.1 Å². The Bertz CT molecular complexity index is 467. The van der Waals surface area contributed by atoms with Gasteiger partial charge in [0.1, 0.15) is 0 Å². The number of nitrogens with one attached hydrogen (secondary N) is 1. The number of thioether (sulfide) groups is 1. The highest BCUT2D eigenvalue weighted by atomic mass is 32.2.